The fourth-order valence-corrected chi connectivity index (χ4v) is 4.32. The summed E-state index contributed by atoms with van der Waals surface area (Å²) in [5.74, 6) is 0. The molecule has 2 aromatic heterocycles. The Bertz CT molecular complexity index is 1160. The van der Waals surface area contributed by atoms with E-state index in [1.807, 2.05) is 24.3 Å². The maximum Gasteiger partial charge on any atom is 0.263 e. The predicted octanol–water partition coefficient (Wildman–Crippen LogP) is 4.88. The number of aryl methyl sites for hydroxylation is 1. The molecule has 0 spiro atoms. The fraction of sp³-hybridized carbons (Fsp3) is 0.158. The number of hydrogen-bond donors (Lipinski definition) is 1. The summed E-state index contributed by atoms with van der Waals surface area (Å²) in [4.78, 5) is 18.2. The van der Waals surface area contributed by atoms with Crippen LogP contribution in [0, 0.1) is 4.77 Å². The van der Waals surface area contributed by atoms with Crippen molar-refractivity contribution in [2.45, 2.75) is 19.9 Å². The van der Waals surface area contributed by atoms with Crippen molar-refractivity contribution in [2.24, 2.45) is 0 Å². The van der Waals surface area contributed by atoms with Crippen LogP contribution in [0.4, 0.5) is 0 Å². The van der Waals surface area contributed by atoms with Crippen molar-refractivity contribution in [1.29, 1.82) is 0 Å². The average molecular weight is 352 g/mol. The van der Waals surface area contributed by atoms with Gasteiger partial charge in [0.1, 0.15) is 4.83 Å². The van der Waals surface area contributed by atoms with Gasteiger partial charge in [-0.3, -0.25) is 9.36 Å². The highest BCUT2D eigenvalue weighted by molar-refractivity contribution is 7.71. The van der Waals surface area contributed by atoms with E-state index in [9.17, 15) is 4.79 Å². The van der Waals surface area contributed by atoms with Gasteiger partial charge < -0.3 is 4.98 Å². The molecule has 2 aromatic carbocycles. The molecule has 24 heavy (non-hydrogen) atoms. The van der Waals surface area contributed by atoms with Crippen LogP contribution >= 0.6 is 23.6 Å². The van der Waals surface area contributed by atoms with Crippen LogP contribution in [0.15, 0.2) is 53.3 Å². The van der Waals surface area contributed by atoms with Crippen LogP contribution in [-0.2, 0) is 13.0 Å². The Morgan fingerprint density at radius 2 is 1.92 bits per heavy atom. The van der Waals surface area contributed by atoms with Crippen LogP contribution in [0.2, 0.25) is 0 Å². The van der Waals surface area contributed by atoms with Gasteiger partial charge in [-0.15, -0.1) is 11.3 Å². The summed E-state index contributed by atoms with van der Waals surface area (Å²) in [6.07, 6.45) is 0.919. The molecule has 3 nitrogen and oxygen atoms in total. The number of nitrogens with one attached hydrogen (secondary N) is 1. The van der Waals surface area contributed by atoms with E-state index in [1.54, 1.807) is 15.9 Å². The number of hydrogen-bond acceptors (Lipinski definition) is 3. The second-order valence-electron chi connectivity index (χ2n) is 5.77. The van der Waals surface area contributed by atoms with Gasteiger partial charge >= 0.3 is 0 Å². The minimum atomic E-state index is -0.0161. The maximum absolute atomic E-state index is 12.9. The average Bonchev–Trinajstić information content (AvgIpc) is 3.02. The van der Waals surface area contributed by atoms with Crippen molar-refractivity contribution in [3.8, 4) is 0 Å². The molecule has 0 saturated heterocycles. The van der Waals surface area contributed by atoms with Gasteiger partial charge in [0.05, 0.1) is 11.9 Å². The van der Waals surface area contributed by atoms with Gasteiger partial charge in [-0.25, -0.2) is 0 Å². The van der Waals surface area contributed by atoms with Crippen LogP contribution < -0.4 is 5.56 Å². The Labute approximate surface area is 148 Å². The molecule has 5 heteroatoms. The van der Waals surface area contributed by atoms with Crippen molar-refractivity contribution >= 4 is 44.5 Å². The molecule has 0 aliphatic rings. The van der Waals surface area contributed by atoms with Crippen molar-refractivity contribution in [2.75, 3.05) is 0 Å². The van der Waals surface area contributed by atoms with E-state index in [0.29, 0.717) is 11.3 Å². The van der Waals surface area contributed by atoms with Crippen molar-refractivity contribution in [3.05, 3.63) is 74.1 Å². The molecular weight excluding hydrogens is 336 g/mol. The highest BCUT2D eigenvalue weighted by Gasteiger charge is 2.10. The molecule has 0 unspecified atom stereocenters. The monoisotopic (exact) mass is 352 g/mol. The topological polar surface area (TPSA) is 37.8 Å². The summed E-state index contributed by atoms with van der Waals surface area (Å²) in [7, 11) is 0. The Kier molecular flexibility index (Phi) is 3.82. The SMILES string of the molecule is CCc1cc2c(=O)n(Cc3cccc4ccccc34)c(=S)[nH]c2s1. The lowest BCUT2D eigenvalue weighted by atomic mass is 10.0. The molecule has 2 heterocycles. The van der Waals surface area contributed by atoms with Gasteiger partial charge in [0.2, 0.25) is 0 Å². The molecule has 0 aliphatic carbocycles. The maximum atomic E-state index is 12.9. The largest absolute Gasteiger partial charge is 0.323 e. The first-order valence-corrected chi connectivity index (χ1v) is 9.12. The zero-order valence-electron chi connectivity index (χ0n) is 13.2. The third-order valence-corrected chi connectivity index (χ3v) is 5.80. The number of fused-ring (bicyclic) bond motifs is 2. The molecule has 1 N–H and O–H groups in total. The number of H-pyrrole nitrogens is 1. The molecule has 0 saturated carbocycles. The first-order chi connectivity index (χ1) is 11.7. The zero-order valence-corrected chi connectivity index (χ0v) is 14.8. The molecule has 0 bridgehead atoms. The molecule has 4 rings (SSSR count). The number of rotatable bonds is 3. The van der Waals surface area contributed by atoms with E-state index in [0.717, 1.165) is 27.6 Å². The summed E-state index contributed by atoms with van der Waals surface area (Å²) < 4.78 is 2.14. The highest BCUT2D eigenvalue weighted by Crippen LogP contribution is 2.23. The Morgan fingerprint density at radius 3 is 2.75 bits per heavy atom. The molecular formula is C19H16N2OS2. The summed E-state index contributed by atoms with van der Waals surface area (Å²) >= 11 is 7.06. The molecule has 0 radical (unpaired) electrons. The first-order valence-electron chi connectivity index (χ1n) is 7.89. The number of thiophene rings is 1. The molecule has 4 aromatic rings. The molecule has 0 atom stereocenters. The third-order valence-electron chi connectivity index (χ3n) is 4.28. The second kappa shape index (κ2) is 6.00. The minimum absolute atomic E-state index is 0.0161. The lowest BCUT2D eigenvalue weighted by molar-refractivity contribution is 0.739. The van der Waals surface area contributed by atoms with Crippen molar-refractivity contribution < 1.29 is 0 Å². The van der Waals surface area contributed by atoms with Crippen LogP contribution in [0.25, 0.3) is 21.0 Å². The number of nitrogens with zero attached hydrogens (tertiary/aromatic N) is 1. The van der Waals surface area contributed by atoms with Crippen LogP contribution in [0.1, 0.15) is 17.4 Å². The third kappa shape index (κ3) is 2.50. The van der Waals surface area contributed by atoms with E-state index in [-0.39, 0.29) is 5.56 Å². The van der Waals surface area contributed by atoms with Gasteiger partial charge in [-0.05, 0) is 41.0 Å². The summed E-state index contributed by atoms with van der Waals surface area (Å²) in [6, 6.07) is 16.3. The van der Waals surface area contributed by atoms with Gasteiger partial charge in [0, 0.05) is 4.88 Å². The molecule has 0 fully saturated rings. The van der Waals surface area contributed by atoms with Gasteiger partial charge in [0.25, 0.3) is 5.56 Å². The normalized spacial score (nSPS) is 11.4. The van der Waals surface area contributed by atoms with E-state index in [4.69, 9.17) is 12.2 Å². The van der Waals surface area contributed by atoms with Crippen LogP contribution in [0.5, 0.6) is 0 Å². The fourth-order valence-electron chi connectivity index (χ4n) is 3.01. The Balaban J connectivity index is 1.90. The Hall–Kier alpha value is -2.24. The number of aromatic amines is 1. The molecule has 120 valence electrons. The van der Waals surface area contributed by atoms with Gasteiger partial charge in [0.15, 0.2) is 4.77 Å². The quantitative estimate of drug-likeness (QED) is 0.533. The summed E-state index contributed by atoms with van der Waals surface area (Å²) in [5.41, 5.74) is 1.08. The second-order valence-corrected chi connectivity index (χ2v) is 7.29. The smallest absolute Gasteiger partial charge is 0.263 e. The van der Waals surface area contributed by atoms with Crippen molar-refractivity contribution in [3.63, 3.8) is 0 Å². The lowest BCUT2D eigenvalue weighted by Gasteiger charge is -2.09. The van der Waals surface area contributed by atoms with E-state index in [2.05, 4.69) is 36.2 Å². The Morgan fingerprint density at radius 1 is 1.12 bits per heavy atom. The minimum Gasteiger partial charge on any atom is -0.323 e. The summed E-state index contributed by atoms with van der Waals surface area (Å²) in [6.45, 7) is 2.57. The zero-order chi connectivity index (χ0) is 16.7. The van der Waals surface area contributed by atoms with Crippen LogP contribution in [-0.4, -0.2) is 9.55 Å². The van der Waals surface area contributed by atoms with E-state index < -0.39 is 0 Å². The van der Waals surface area contributed by atoms with Gasteiger partial charge in [-0.2, -0.15) is 0 Å². The number of benzene rings is 2. The first kappa shape index (κ1) is 15.3. The molecule has 0 aliphatic heterocycles. The van der Waals surface area contributed by atoms with Crippen LogP contribution in [0.3, 0.4) is 0 Å². The van der Waals surface area contributed by atoms with E-state index >= 15 is 0 Å². The number of aromatic nitrogens is 2. The van der Waals surface area contributed by atoms with E-state index in [1.165, 1.54) is 10.3 Å². The lowest BCUT2D eigenvalue weighted by Crippen LogP contribution is -2.22. The predicted molar refractivity (Wildman–Crippen MR) is 104 cm³/mol. The standard InChI is InChI=1S/C19H16N2OS2/c1-2-14-10-16-17(24-14)20-19(23)21(18(16)22)11-13-8-5-7-12-6-3-4-9-15(12)13/h3-10H,2,11H2,1H3,(H,20,23). The van der Waals surface area contributed by atoms with Gasteiger partial charge in [-0.1, -0.05) is 49.4 Å². The summed E-state index contributed by atoms with van der Waals surface area (Å²) in [5, 5.41) is 3.05. The van der Waals surface area contributed by atoms with Crippen molar-refractivity contribution in [1.82, 2.24) is 9.55 Å². The highest BCUT2D eigenvalue weighted by atomic mass is 32.1. The molecule has 0 amide bonds.